The summed E-state index contributed by atoms with van der Waals surface area (Å²) in [6.07, 6.45) is 2.21. The molecule has 0 aliphatic rings. The number of hydrogen-bond donors (Lipinski definition) is 2. The molecule has 0 unspecified atom stereocenters. The largest absolute Gasteiger partial charge is 0.329 e. The lowest BCUT2D eigenvalue weighted by Gasteiger charge is -2.05. The van der Waals surface area contributed by atoms with Crippen LogP contribution in [0.2, 0.25) is 10.0 Å². The van der Waals surface area contributed by atoms with Gasteiger partial charge in [-0.3, -0.25) is 9.59 Å². The Morgan fingerprint density at radius 3 is 2.46 bits per heavy atom. The van der Waals surface area contributed by atoms with Crippen LogP contribution in [0.1, 0.15) is 18.1 Å². The fourth-order valence-corrected chi connectivity index (χ4v) is 2.20. The van der Waals surface area contributed by atoms with Gasteiger partial charge < -0.3 is 5.32 Å². The molecule has 0 fully saturated rings. The molecule has 2 aromatic rings. The molecule has 0 heterocycles. The molecule has 0 saturated heterocycles. The minimum atomic E-state index is -0.885. The van der Waals surface area contributed by atoms with Crippen LogP contribution in [0.5, 0.6) is 0 Å². The summed E-state index contributed by atoms with van der Waals surface area (Å²) in [5, 5.41) is 6.89. The van der Waals surface area contributed by atoms with Gasteiger partial charge in [-0.2, -0.15) is 5.10 Å². The normalized spacial score (nSPS) is 10.6. The average Bonchev–Trinajstić information content (AvgIpc) is 2.59. The number of hydrogen-bond acceptors (Lipinski definition) is 3. The summed E-state index contributed by atoms with van der Waals surface area (Å²) in [4.78, 5) is 23.5. The Morgan fingerprint density at radius 1 is 1.08 bits per heavy atom. The van der Waals surface area contributed by atoms with E-state index in [0.29, 0.717) is 21.3 Å². The maximum Gasteiger partial charge on any atom is 0.329 e. The van der Waals surface area contributed by atoms with Crippen LogP contribution in [0.4, 0.5) is 5.69 Å². The Kier molecular flexibility index (Phi) is 6.35. The van der Waals surface area contributed by atoms with E-state index in [1.165, 1.54) is 6.21 Å². The van der Waals surface area contributed by atoms with Gasteiger partial charge in [-0.1, -0.05) is 54.4 Å². The van der Waals surface area contributed by atoms with Crippen molar-refractivity contribution in [3.05, 3.63) is 63.6 Å². The van der Waals surface area contributed by atoms with Gasteiger partial charge in [0.25, 0.3) is 0 Å². The molecule has 0 saturated carbocycles. The summed E-state index contributed by atoms with van der Waals surface area (Å²) < 4.78 is 0. The molecule has 24 heavy (non-hydrogen) atoms. The van der Waals surface area contributed by atoms with Gasteiger partial charge >= 0.3 is 11.8 Å². The van der Waals surface area contributed by atoms with Crippen molar-refractivity contribution in [1.29, 1.82) is 0 Å². The SMILES string of the molecule is CCc1ccc(NC(=O)C(=O)N/N=C\c2cccc(Cl)c2Cl)cc1. The van der Waals surface area contributed by atoms with Crippen molar-refractivity contribution in [3.8, 4) is 0 Å². The summed E-state index contributed by atoms with van der Waals surface area (Å²) in [5.41, 5.74) is 4.34. The third kappa shape index (κ3) is 4.81. The topological polar surface area (TPSA) is 70.6 Å². The van der Waals surface area contributed by atoms with Crippen LogP contribution in [0.15, 0.2) is 47.6 Å². The molecule has 2 amide bonds. The predicted octanol–water partition coefficient (Wildman–Crippen LogP) is 3.64. The number of hydrazone groups is 1. The molecule has 0 aliphatic carbocycles. The van der Waals surface area contributed by atoms with Crippen LogP contribution in [-0.4, -0.2) is 18.0 Å². The Bertz CT molecular complexity index is 774. The molecular formula is C17H15Cl2N3O2. The molecule has 2 N–H and O–H groups in total. The number of benzene rings is 2. The molecule has 5 nitrogen and oxygen atoms in total. The Balaban J connectivity index is 1.92. The number of anilines is 1. The van der Waals surface area contributed by atoms with E-state index in [-0.39, 0.29) is 0 Å². The first kappa shape index (κ1) is 18.0. The van der Waals surface area contributed by atoms with Crippen molar-refractivity contribution < 1.29 is 9.59 Å². The van der Waals surface area contributed by atoms with Gasteiger partial charge in [0.1, 0.15) is 0 Å². The number of carbonyl (C=O) groups is 2. The molecule has 0 aromatic heterocycles. The van der Waals surface area contributed by atoms with Crippen LogP contribution in [0.3, 0.4) is 0 Å². The second kappa shape index (κ2) is 8.47. The van der Waals surface area contributed by atoms with Crippen LogP contribution in [-0.2, 0) is 16.0 Å². The van der Waals surface area contributed by atoms with E-state index in [0.717, 1.165) is 12.0 Å². The van der Waals surface area contributed by atoms with E-state index in [1.807, 2.05) is 19.1 Å². The minimum Gasteiger partial charge on any atom is -0.318 e. The standard InChI is InChI=1S/C17H15Cl2N3O2/c1-2-11-6-8-13(9-7-11)21-16(23)17(24)22-20-10-12-4-3-5-14(18)15(12)19/h3-10H,2H2,1H3,(H,21,23)(H,22,24)/b20-10-. The number of aryl methyl sites for hydroxylation is 1. The van der Waals surface area contributed by atoms with Gasteiger partial charge in [0.05, 0.1) is 16.3 Å². The molecule has 2 rings (SSSR count). The molecule has 7 heteroatoms. The molecule has 0 spiro atoms. The fourth-order valence-electron chi connectivity index (χ4n) is 1.84. The third-order valence-corrected chi connectivity index (χ3v) is 4.01. The van der Waals surface area contributed by atoms with Crippen molar-refractivity contribution >= 4 is 46.9 Å². The first-order valence-corrected chi connectivity index (χ1v) is 7.94. The van der Waals surface area contributed by atoms with Crippen LogP contribution in [0, 0.1) is 0 Å². The van der Waals surface area contributed by atoms with Gasteiger partial charge in [0, 0.05) is 11.3 Å². The number of nitrogens with one attached hydrogen (secondary N) is 2. The predicted molar refractivity (Wildman–Crippen MR) is 96.6 cm³/mol. The molecule has 0 bridgehead atoms. The molecule has 0 radical (unpaired) electrons. The summed E-state index contributed by atoms with van der Waals surface area (Å²) in [5.74, 6) is -1.70. The highest BCUT2D eigenvalue weighted by Crippen LogP contribution is 2.24. The van der Waals surface area contributed by atoms with Crippen molar-refractivity contribution in [2.45, 2.75) is 13.3 Å². The minimum absolute atomic E-state index is 0.317. The molecule has 0 aliphatic heterocycles. The Labute approximate surface area is 149 Å². The molecular weight excluding hydrogens is 349 g/mol. The molecule has 0 atom stereocenters. The van der Waals surface area contributed by atoms with Gasteiger partial charge in [0.15, 0.2) is 0 Å². The summed E-state index contributed by atoms with van der Waals surface area (Å²) in [6, 6.07) is 12.2. The smallest absolute Gasteiger partial charge is 0.318 e. The highest BCUT2D eigenvalue weighted by atomic mass is 35.5. The number of carbonyl (C=O) groups excluding carboxylic acids is 2. The lowest BCUT2D eigenvalue weighted by atomic mass is 10.1. The first-order valence-electron chi connectivity index (χ1n) is 7.18. The van der Waals surface area contributed by atoms with Crippen molar-refractivity contribution in [1.82, 2.24) is 5.43 Å². The fraction of sp³-hybridized carbons (Fsp3) is 0.118. The lowest BCUT2D eigenvalue weighted by molar-refractivity contribution is -0.136. The zero-order valence-corrected chi connectivity index (χ0v) is 14.4. The average molecular weight is 364 g/mol. The monoisotopic (exact) mass is 363 g/mol. The summed E-state index contributed by atoms with van der Waals surface area (Å²) in [6.45, 7) is 2.03. The Morgan fingerprint density at radius 2 is 1.79 bits per heavy atom. The van der Waals surface area contributed by atoms with Crippen LogP contribution >= 0.6 is 23.2 Å². The number of rotatable bonds is 4. The molecule has 124 valence electrons. The number of nitrogens with zero attached hydrogens (tertiary/aromatic N) is 1. The van der Waals surface area contributed by atoms with E-state index in [4.69, 9.17) is 23.2 Å². The van der Waals surface area contributed by atoms with E-state index >= 15 is 0 Å². The van der Waals surface area contributed by atoms with E-state index in [2.05, 4.69) is 15.8 Å². The maximum absolute atomic E-state index is 11.8. The van der Waals surface area contributed by atoms with E-state index in [1.54, 1.807) is 30.3 Å². The highest BCUT2D eigenvalue weighted by molar-refractivity contribution is 6.43. The second-order valence-electron chi connectivity index (χ2n) is 4.85. The highest BCUT2D eigenvalue weighted by Gasteiger charge is 2.12. The zero-order valence-electron chi connectivity index (χ0n) is 12.8. The van der Waals surface area contributed by atoms with Gasteiger partial charge in [-0.15, -0.1) is 0 Å². The van der Waals surface area contributed by atoms with Gasteiger partial charge in [-0.25, -0.2) is 5.43 Å². The van der Waals surface area contributed by atoms with E-state index < -0.39 is 11.8 Å². The summed E-state index contributed by atoms with van der Waals surface area (Å²) >= 11 is 11.9. The van der Waals surface area contributed by atoms with Crippen molar-refractivity contribution in [2.24, 2.45) is 5.10 Å². The lowest BCUT2D eigenvalue weighted by Crippen LogP contribution is -2.32. The Hall–Kier alpha value is -2.37. The first-order chi connectivity index (χ1) is 11.5. The molecule has 2 aromatic carbocycles. The van der Waals surface area contributed by atoms with Gasteiger partial charge in [-0.05, 0) is 30.2 Å². The van der Waals surface area contributed by atoms with Crippen LogP contribution in [0.25, 0.3) is 0 Å². The second-order valence-corrected chi connectivity index (χ2v) is 5.63. The maximum atomic E-state index is 11.8. The van der Waals surface area contributed by atoms with Gasteiger partial charge in [0.2, 0.25) is 0 Å². The zero-order chi connectivity index (χ0) is 17.5. The number of halogens is 2. The summed E-state index contributed by atoms with van der Waals surface area (Å²) in [7, 11) is 0. The quantitative estimate of drug-likeness (QED) is 0.494. The number of amides is 2. The van der Waals surface area contributed by atoms with Crippen LogP contribution < -0.4 is 10.7 Å². The van der Waals surface area contributed by atoms with E-state index in [9.17, 15) is 9.59 Å². The van der Waals surface area contributed by atoms with Crippen molar-refractivity contribution in [2.75, 3.05) is 5.32 Å². The van der Waals surface area contributed by atoms with Crippen molar-refractivity contribution in [3.63, 3.8) is 0 Å². The third-order valence-electron chi connectivity index (χ3n) is 3.18.